The van der Waals surface area contributed by atoms with Gasteiger partial charge in [-0.15, -0.1) is 0 Å². The van der Waals surface area contributed by atoms with Crippen LogP contribution in [0.1, 0.15) is 56.1 Å². The van der Waals surface area contributed by atoms with Crippen molar-refractivity contribution in [2.75, 3.05) is 0 Å². The second-order valence-electron chi connectivity index (χ2n) is 7.98. The van der Waals surface area contributed by atoms with E-state index >= 15 is 0 Å². The summed E-state index contributed by atoms with van der Waals surface area (Å²) in [6.45, 7) is 8.39. The quantitative estimate of drug-likeness (QED) is 0.730. The molecule has 2 aromatic rings. The van der Waals surface area contributed by atoms with Gasteiger partial charge in [0.15, 0.2) is 5.75 Å². The van der Waals surface area contributed by atoms with Gasteiger partial charge in [0.2, 0.25) is 0 Å². The Kier molecular flexibility index (Phi) is 5.40. The van der Waals surface area contributed by atoms with Gasteiger partial charge in [-0.25, -0.2) is 4.79 Å². The molecule has 4 heteroatoms. The normalized spacial score (nSPS) is 23.2. The summed E-state index contributed by atoms with van der Waals surface area (Å²) in [5, 5.41) is 10.7. The molecule has 1 fully saturated rings. The molecule has 1 heterocycles. The first-order valence-electron chi connectivity index (χ1n) is 9.56. The van der Waals surface area contributed by atoms with Crippen LogP contribution in [0.15, 0.2) is 30.3 Å². The first kappa shape index (κ1) is 18.6. The summed E-state index contributed by atoms with van der Waals surface area (Å²) in [6.07, 6.45) is 3.08. The molecule has 1 aromatic carbocycles. The Balaban J connectivity index is 1.85. The molecule has 1 aromatic heterocycles. The summed E-state index contributed by atoms with van der Waals surface area (Å²) < 4.78 is 5.91. The molecule has 1 aliphatic rings. The van der Waals surface area contributed by atoms with Crippen LogP contribution >= 0.6 is 0 Å². The van der Waals surface area contributed by atoms with Gasteiger partial charge in [0.05, 0.1) is 5.69 Å². The van der Waals surface area contributed by atoms with E-state index in [1.807, 2.05) is 30.3 Å². The standard InChI is InChI=1S/C22H29NO3/c1-13(2)17-11-10-14(3)12-18(17)26-22(25)19-15(4)23-20(21(19)24)16-8-6-5-7-9-16/h5-9,13-14,17-18,23-24H,10-12H2,1-4H3/t14-,17+,18-/m1/s1. The summed E-state index contributed by atoms with van der Waals surface area (Å²) >= 11 is 0. The fraction of sp³-hybridized carbons (Fsp3) is 0.500. The number of nitrogens with one attached hydrogen (secondary N) is 1. The first-order chi connectivity index (χ1) is 12.4. The molecule has 1 saturated carbocycles. The molecule has 140 valence electrons. The van der Waals surface area contributed by atoms with Crippen molar-refractivity contribution in [2.45, 2.75) is 53.1 Å². The predicted molar refractivity (Wildman–Crippen MR) is 103 cm³/mol. The van der Waals surface area contributed by atoms with E-state index in [1.165, 1.54) is 6.42 Å². The van der Waals surface area contributed by atoms with Crippen LogP contribution in [0.3, 0.4) is 0 Å². The number of H-pyrrole nitrogens is 1. The lowest BCUT2D eigenvalue weighted by Crippen LogP contribution is -2.35. The smallest absolute Gasteiger partial charge is 0.344 e. The Morgan fingerprint density at radius 3 is 2.58 bits per heavy atom. The fourth-order valence-electron chi connectivity index (χ4n) is 4.12. The number of aromatic hydroxyl groups is 1. The van der Waals surface area contributed by atoms with Crippen molar-refractivity contribution in [1.29, 1.82) is 0 Å². The van der Waals surface area contributed by atoms with Crippen molar-refractivity contribution >= 4 is 5.97 Å². The van der Waals surface area contributed by atoms with Gasteiger partial charge in [-0.05, 0) is 37.5 Å². The second-order valence-corrected chi connectivity index (χ2v) is 7.98. The topological polar surface area (TPSA) is 62.3 Å². The van der Waals surface area contributed by atoms with Gasteiger partial charge < -0.3 is 14.8 Å². The summed E-state index contributed by atoms with van der Waals surface area (Å²) in [5.41, 5.74) is 2.30. The lowest BCUT2D eigenvalue weighted by Gasteiger charge is -2.36. The molecule has 1 aliphatic carbocycles. The molecule has 3 rings (SSSR count). The molecule has 4 nitrogen and oxygen atoms in total. The van der Waals surface area contributed by atoms with Gasteiger partial charge in [-0.3, -0.25) is 0 Å². The second kappa shape index (κ2) is 7.56. The number of esters is 1. The van der Waals surface area contributed by atoms with Gasteiger partial charge in [-0.2, -0.15) is 0 Å². The molecule has 0 unspecified atom stereocenters. The van der Waals surface area contributed by atoms with Crippen molar-refractivity contribution < 1.29 is 14.6 Å². The van der Waals surface area contributed by atoms with E-state index in [1.54, 1.807) is 6.92 Å². The maximum Gasteiger partial charge on any atom is 0.344 e. The highest BCUT2D eigenvalue weighted by molar-refractivity contribution is 5.97. The molecule has 0 saturated heterocycles. The monoisotopic (exact) mass is 355 g/mol. The zero-order chi connectivity index (χ0) is 18.8. The van der Waals surface area contributed by atoms with E-state index in [9.17, 15) is 9.90 Å². The van der Waals surface area contributed by atoms with E-state index in [2.05, 4.69) is 25.8 Å². The third-order valence-corrected chi connectivity index (χ3v) is 5.65. The van der Waals surface area contributed by atoms with E-state index in [0.29, 0.717) is 29.1 Å². The highest BCUT2D eigenvalue weighted by Gasteiger charge is 2.35. The summed E-state index contributed by atoms with van der Waals surface area (Å²) in [5.74, 6) is 0.960. The number of carbonyl (C=O) groups is 1. The van der Waals surface area contributed by atoms with Crippen LogP contribution in [0.25, 0.3) is 11.3 Å². The number of carbonyl (C=O) groups excluding carboxylic acids is 1. The fourth-order valence-corrected chi connectivity index (χ4v) is 4.12. The van der Waals surface area contributed by atoms with Crippen molar-refractivity contribution in [1.82, 2.24) is 4.98 Å². The Hall–Kier alpha value is -2.23. The number of aromatic nitrogens is 1. The number of hydrogen-bond donors (Lipinski definition) is 2. The number of hydrogen-bond acceptors (Lipinski definition) is 3. The van der Waals surface area contributed by atoms with E-state index in [4.69, 9.17) is 4.74 Å². The van der Waals surface area contributed by atoms with Crippen molar-refractivity contribution in [3.05, 3.63) is 41.6 Å². The largest absolute Gasteiger partial charge is 0.505 e. The highest BCUT2D eigenvalue weighted by atomic mass is 16.5. The third-order valence-electron chi connectivity index (χ3n) is 5.65. The van der Waals surface area contributed by atoms with Gasteiger partial charge >= 0.3 is 5.97 Å². The van der Waals surface area contributed by atoms with Gasteiger partial charge in [0.25, 0.3) is 0 Å². The minimum absolute atomic E-state index is 0.0244. The van der Waals surface area contributed by atoms with E-state index < -0.39 is 5.97 Å². The van der Waals surface area contributed by atoms with Crippen molar-refractivity contribution in [2.24, 2.45) is 17.8 Å². The summed E-state index contributed by atoms with van der Waals surface area (Å²) in [4.78, 5) is 16.0. The Bertz CT molecular complexity index is 763. The van der Waals surface area contributed by atoms with Crippen LogP contribution < -0.4 is 0 Å². The summed E-state index contributed by atoms with van der Waals surface area (Å²) in [6, 6.07) is 9.52. The van der Waals surface area contributed by atoms with Crippen LogP contribution in [0.4, 0.5) is 0 Å². The van der Waals surface area contributed by atoms with Crippen LogP contribution in [-0.4, -0.2) is 22.2 Å². The minimum atomic E-state index is -0.428. The van der Waals surface area contributed by atoms with Gasteiger partial charge in [0, 0.05) is 11.3 Å². The molecule has 3 atom stereocenters. The highest BCUT2D eigenvalue weighted by Crippen LogP contribution is 2.38. The van der Waals surface area contributed by atoms with E-state index in [-0.39, 0.29) is 17.4 Å². The van der Waals surface area contributed by atoms with E-state index in [0.717, 1.165) is 18.4 Å². The SMILES string of the molecule is Cc1[nH]c(-c2ccccc2)c(O)c1C(=O)O[C@@H]1C[C@H](C)CC[C@H]1C(C)C. The number of aryl methyl sites for hydroxylation is 1. The Labute approximate surface area is 155 Å². The van der Waals surface area contributed by atoms with Crippen molar-refractivity contribution in [3.63, 3.8) is 0 Å². The van der Waals surface area contributed by atoms with Crippen LogP contribution in [0.5, 0.6) is 5.75 Å². The molecular weight excluding hydrogens is 326 g/mol. The third kappa shape index (κ3) is 3.64. The lowest BCUT2D eigenvalue weighted by molar-refractivity contribution is -0.0176. The average Bonchev–Trinajstić information content (AvgIpc) is 2.90. The van der Waals surface area contributed by atoms with Crippen molar-refractivity contribution in [3.8, 4) is 17.0 Å². The maximum atomic E-state index is 12.9. The average molecular weight is 355 g/mol. The maximum absolute atomic E-state index is 12.9. The molecule has 0 radical (unpaired) electrons. The number of rotatable bonds is 4. The van der Waals surface area contributed by atoms with Crippen LogP contribution in [0.2, 0.25) is 0 Å². The Morgan fingerprint density at radius 2 is 1.92 bits per heavy atom. The van der Waals surface area contributed by atoms with Gasteiger partial charge in [-0.1, -0.05) is 57.5 Å². The molecule has 0 amide bonds. The molecule has 2 N–H and O–H groups in total. The zero-order valence-corrected chi connectivity index (χ0v) is 16.1. The lowest BCUT2D eigenvalue weighted by atomic mass is 9.75. The molecule has 26 heavy (non-hydrogen) atoms. The number of benzene rings is 1. The predicted octanol–water partition coefficient (Wildman–Crippen LogP) is 5.31. The van der Waals surface area contributed by atoms with Crippen LogP contribution in [0, 0.1) is 24.7 Å². The van der Waals surface area contributed by atoms with Gasteiger partial charge in [0.1, 0.15) is 11.7 Å². The van der Waals surface area contributed by atoms with Crippen LogP contribution in [-0.2, 0) is 4.74 Å². The minimum Gasteiger partial charge on any atom is -0.505 e. The molecule has 0 bridgehead atoms. The molecular formula is C22H29NO3. The zero-order valence-electron chi connectivity index (χ0n) is 16.1. The first-order valence-corrected chi connectivity index (χ1v) is 9.56. The number of aromatic amines is 1. The summed E-state index contributed by atoms with van der Waals surface area (Å²) in [7, 11) is 0. The molecule has 0 aliphatic heterocycles. The number of ether oxygens (including phenoxy) is 1. The Morgan fingerprint density at radius 1 is 1.23 bits per heavy atom. The molecule has 0 spiro atoms.